The minimum absolute atomic E-state index is 0.735. The Kier molecular flexibility index (Phi) is 2.93. The third-order valence-corrected chi connectivity index (χ3v) is 3.21. The van der Waals surface area contributed by atoms with Gasteiger partial charge in [0.2, 0.25) is 0 Å². The van der Waals surface area contributed by atoms with E-state index in [4.69, 9.17) is 11.6 Å². The molecule has 0 unspecified atom stereocenters. The third kappa shape index (κ3) is 2.30. The van der Waals surface area contributed by atoms with Crippen molar-refractivity contribution in [3.63, 3.8) is 0 Å². The molecule has 1 aromatic carbocycles. The number of nitrogens with one attached hydrogen (secondary N) is 1. The van der Waals surface area contributed by atoms with Gasteiger partial charge in [-0.2, -0.15) is 4.37 Å². The molecular formula is C11H11ClN2S. The summed E-state index contributed by atoms with van der Waals surface area (Å²) in [5, 5.41) is 4.06. The molecule has 2 rings (SSSR count). The van der Waals surface area contributed by atoms with Crippen LogP contribution in [0.15, 0.2) is 24.3 Å². The van der Waals surface area contributed by atoms with Crippen molar-refractivity contribution in [2.45, 2.75) is 13.8 Å². The Bertz CT molecular complexity index is 460. The third-order valence-electron chi connectivity index (χ3n) is 2.13. The number of anilines is 2. The number of benzene rings is 1. The Hall–Kier alpha value is -1.06. The fourth-order valence-electron chi connectivity index (χ4n) is 1.37. The van der Waals surface area contributed by atoms with E-state index in [1.54, 1.807) is 0 Å². The maximum atomic E-state index is 5.91. The molecule has 2 aromatic rings. The largest absolute Gasteiger partial charge is 0.353 e. The molecule has 0 aliphatic rings. The average Bonchev–Trinajstić information content (AvgIpc) is 2.50. The summed E-state index contributed by atoms with van der Waals surface area (Å²) in [5.41, 5.74) is 3.11. The zero-order chi connectivity index (χ0) is 10.8. The van der Waals surface area contributed by atoms with E-state index in [1.165, 1.54) is 16.4 Å². The fourth-order valence-corrected chi connectivity index (χ4v) is 2.22. The average molecular weight is 239 g/mol. The van der Waals surface area contributed by atoms with Crippen LogP contribution >= 0.6 is 23.1 Å². The Morgan fingerprint density at radius 2 is 2.13 bits per heavy atom. The second kappa shape index (κ2) is 4.21. The van der Waals surface area contributed by atoms with Gasteiger partial charge < -0.3 is 5.32 Å². The smallest absolute Gasteiger partial charge is 0.0756 e. The normalized spacial score (nSPS) is 10.3. The molecule has 4 heteroatoms. The lowest BCUT2D eigenvalue weighted by Crippen LogP contribution is -1.92. The van der Waals surface area contributed by atoms with Crippen LogP contribution in [0.1, 0.15) is 10.6 Å². The van der Waals surface area contributed by atoms with Gasteiger partial charge in [-0.05, 0) is 43.6 Å². The van der Waals surface area contributed by atoms with Gasteiger partial charge in [-0.25, -0.2) is 0 Å². The lowest BCUT2D eigenvalue weighted by Gasteiger charge is -2.06. The van der Waals surface area contributed by atoms with Crippen LogP contribution in [0.3, 0.4) is 0 Å². The molecule has 0 radical (unpaired) electrons. The van der Waals surface area contributed by atoms with Gasteiger partial charge in [0.15, 0.2) is 0 Å². The van der Waals surface area contributed by atoms with Gasteiger partial charge in [0.05, 0.1) is 11.4 Å². The number of rotatable bonds is 2. The molecule has 1 aromatic heterocycles. The topological polar surface area (TPSA) is 24.9 Å². The number of aryl methyl sites for hydroxylation is 2. The summed E-state index contributed by atoms with van der Waals surface area (Å²) in [6.07, 6.45) is 0. The molecule has 0 atom stereocenters. The lowest BCUT2D eigenvalue weighted by molar-refractivity contribution is 1.33. The van der Waals surface area contributed by atoms with E-state index in [9.17, 15) is 0 Å². The highest BCUT2D eigenvalue weighted by Crippen LogP contribution is 2.27. The maximum absolute atomic E-state index is 5.91. The number of hydrogen-bond acceptors (Lipinski definition) is 3. The molecule has 0 saturated heterocycles. The Labute approximate surface area is 98.1 Å². The van der Waals surface area contributed by atoms with Crippen LogP contribution in [0, 0.1) is 13.8 Å². The molecule has 0 bridgehead atoms. The van der Waals surface area contributed by atoms with Gasteiger partial charge in [-0.15, -0.1) is 0 Å². The van der Waals surface area contributed by atoms with Crippen molar-refractivity contribution in [2.24, 2.45) is 0 Å². The number of nitrogens with zero attached hydrogens (tertiary/aromatic N) is 1. The highest BCUT2D eigenvalue weighted by atomic mass is 35.5. The van der Waals surface area contributed by atoms with Gasteiger partial charge in [0, 0.05) is 15.6 Å². The first-order valence-electron chi connectivity index (χ1n) is 4.62. The lowest BCUT2D eigenvalue weighted by atomic mass is 10.3. The zero-order valence-corrected chi connectivity index (χ0v) is 10.1. The second-order valence-corrected chi connectivity index (χ2v) is 4.75. The summed E-state index contributed by atoms with van der Waals surface area (Å²) in [4.78, 5) is 1.19. The molecule has 2 nitrogen and oxygen atoms in total. The van der Waals surface area contributed by atoms with Crippen LogP contribution < -0.4 is 5.32 Å². The van der Waals surface area contributed by atoms with Crippen molar-refractivity contribution >= 4 is 34.5 Å². The molecule has 15 heavy (non-hydrogen) atoms. The Morgan fingerprint density at radius 1 is 1.33 bits per heavy atom. The molecule has 0 spiro atoms. The minimum Gasteiger partial charge on any atom is -0.353 e. The van der Waals surface area contributed by atoms with E-state index >= 15 is 0 Å². The molecule has 0 amide bonds. The summed E-state index contributed by atoms with van der Waals surface area (Å²) >= 11 is 7.42. The molecule has 1 N–H and O–H groups in total. The van der Waals surface area contributed by atoms with E-state index in [1.807, 2.05) is 31.2 Å². The number of halogens is 1. The van der Waals surface area contributed by atoms with Crippen LogP contribution in [0.5, 0.6) is 0 Å². The van der Waals surface area contributed by atoms with E-state index < -0.39 is 0 Å². The predicted molar refractivity (Wildman–Crippen MR) is 66.3 cm³/mol. The van der Waals surface area contributed by atoms with E-state index in [0.29, 0.717) is 0 Å². The van der Waals surface area contributed by atoms with E-state index in [2.05, 4.69) is 16.6 Å². The van der Waals surface area contributed by atoms with Gasteiger partial charge in [-0.1, -0.05) is 17.7 Å². The van der Waals surface area contributed by atoms with Crippen molar-refractivity contribution in [2.75, 3.05) is 5.32 Å². The van der Waals surface area contributed by atoms with Crippen molar-refractivity contribution in [1.29, 1.82) is 0 Å². The molecule has 78 valence electrons. The van der Waals surface area contributed by atoms with Crippen molar-refractivity contribution in [3.8, 4) is 0 Å². The predicted octanol–water partition coefficient (Wildman–Crippen LogP) is 4.16. The minimum atomic E-state index is 0.735. The summed E-state index contributed by atoms with van der Waals surface area (Å²) in [6.45, 7) is 4.05. The Balaban J connectivity index is 2.29. The van der Waals surface area contributed by atoms with Gasteiger partial charge in [0.25, 0.3) is 0 Å². The number of aromatic nitrogens is 1. The molecular weight excluding hydrogens is 228 g/mol. The summed E-state index contributed by atoms with van der Waals surface area (Å²) in [6, 6.07) is 7.67. The first-order valence-corrected chi connectivity index (χ1v) is 5.77. The summed E-state index contributed by atoms with van der Waals surface area (Å²) in [7, 11) is 0. The van der Waals surface area contributed by atoms with Crippen LogP contribution in [0.25, 0.3) is 0 Å². The van der Waals surface area contributed by atoms with Crippen molar-refractivity contribution < 1.29 is 0 Å². The second-order valence-electron chi connectivity index (χ2n) is 3.33. The molecule has 0 aliphatic heterocycles. The Morgan fingerprint density at radius 3 is 2.73 bits per heavy atom. The van der Waals surface area contributed by atoms with Crippen LogP contribution in [-0.4, -0.2) is 4.37 Å². The van der Waals surface area contributed by atoms with Crippen LogP contribution in [0.4, 0.5) is 11.4 Å². The van der Waals surface area contributed by atoms with Crippen molar-refractivity contribution in [3.05, 3.63) is 39.9 Å². The highest BCUT2D eigenvalue weighted by Gasteiger charge is 2.06. The van der Waals surface area contributed by atoms with E-state index in [0.717, 1.165) is 22.1 Å². The summed E-state index contributed by atoms with van der Waals surface area (Å²) in [5.74, 6) is 0. The first-order chi connectivity index (χ1) is 7.16. The SMILES string of the molecule is Cc1nsc(C)c1Nc1cccc(Cl)c1. The zero-order valence-electron chi connectivity index (χ0n) is 8.54. The molecule has 1 heterocycles. The van der Waals surface area contributed by atoms with Gasteiger partial charge >= 0.3 is 0 Å². The number of hydrogen-bond donors (Lipinski definition) is 1. The molecule has 0 fully saturated rings. The van der Waals surface area contributed by atoms with E-state index in [-0.39, 0.29) is 0 Å². The summed E-state index contributed by atoms with van der Waals surface area (Å²) < 4.78 is 4.28. The van der Waals surface area contributed by atoms with Gasteiger partial charge in [-0.3, -0.25) is 0 Å². The quantitative estimate of drug-likeness (QED) is 0.850. The molecule has 0 aliphatic carbocycles. The first kappa shape index (κ1) is 10.5. The van der Waals surface area contributed by atoms with Crippen LogP contribution in [-0.2, 0) is 0 Å². The standard InChI is InChI=1S/C11H11ClN2S/c1-7-11(8(2)15-14-7)13-10-5-3-4-9(12)6-10/h3-6,13H,1-2H3. The van der Waals surface area contributed by atoms with Crippen LogP contribution in [0.2, 0.25) is 5.02 Å². The molecule has 0 saturated carbocycles. The maximum Gasteiger partial charge on any atom is 0.0756 e. The van der Waals surface area contributed by atoms with Crippen molar-refractivity contribution in [1.82, 2.24) is 4.37 Å². The highest BCUT2D eigenvalue weighted by molar-refractivity contribution is 7.06. The fraction of sp³-hybridized carbons (Fsp3) is 0.182. The monoisotopic (exact) mass is 238 g/mol. The van der Waals surface area contributed by atoms with Gasteiger partial charge in [0.1, 0.15) is 0 Å².